The Kier molecular flexibility index (Phi) is 12.7. The van der Waals surface area contributed by atoms with Crippen LogP contribution in [-0.2, 0) is 43.7 Å². The fraction of sp³-hybridized carbons (Fsp3) is 0.297. The number of amides is 2. The Morgan fingerprint density at radius 3 is 2.14 bits per heavy atom. The molecule has 0 unspecified atom stereocenters. The van der Waals surface area contributed by atoms with Crippen LogP contribution in [0.5, 0.6) is 11.5 Å². The second-order valence-corrected chi connectivity index (χ2v) is 13.9. The molecule has 1 aliphatic rings. The van der Waals surface area contributed by atoms with Crippen molar-refractivity contribution in [2.45, 2.75) is 30.3 Å². The van der Waals surface area contributed by atoms with Crippen molar-refractivity contribution >= 4 is 33.4 Å². The quantitative estimate of drug-likeness (QED) is 0.190. The monoisotopic (exact) mass is 705 g/mol. The normalized spacial score (nSPS) is 14.1. The summed E-state index contributed by atoms with van der Waals surface area (Å²) >= 11 is 6.14. The molecule has 0 aliphatic carbocycles. The van der Waals surface area contributed by atoms with E-state index in [1.54, 1.807) is 19.2 Å². The minimum atomic E-state index is -3.68. The maximum atomic E-state index is 14.0. The average molecular weight is 706 g/mol. The maximum absolute atomic E-state index is 14.0. The molecule has 0 spiro atoms. The predicted molar refractivity (Wildman–Crippen MR) is 187 cm³/mol. The first-order valence-electron chi connectivity index (χ1n) is 16.0. The summed E-state index contributed by atoms with van der Waals surface area (Å²) in [5, 5.41) is 3.59. The van der Waals surface area contributed by atoms with E-state index in [-0.39, 0.29) is 43.5 Å². The Hall–Kier alpha value is -4.42. The van der Waals surface area contributed by atoms with Crippen molar-refractivity contribution < 1.29 is 32.2 Å². The fourth-order valence-corrected chi connectivity index (χ4v) is 6.99. The standard InChI is InChI=1S/C37H40ClN3O7S/c1-46-32-13-9-28(10-14-32)19-20-39-37(43)35(25-29-5-3-2-4-6-29)41(26-30-7-11-31(38)12-8-30)36(42)27-48-33-15-17-34(18-16-33)49(44,45)40-21-23-47-24-22-40/h2-18,35H,19-27H2,1H3,(H,39,43)/t35-/m1/s1. The van der Waals surface area contributed by atoms with Gasteiger partial charge in [-0.15, -0.1) is 0 Å². The number of hydrogen-bond donors (Lipinski definition) is 1. The van der Waals surface area contributed by atoms with Crippen molar-refractivity contribution in [3.05, 3.63) is 125 Å². The number of sulfonamides is 1. The number of hydrogen-bond acceptors (Lipinski definition) is 7. The average Bonchev–Trinajstić information content (AvgIpc) is 3.14. The molecular weight excluding hydrogens is 666 g/mol. The van der Waals surface area contributed by atoms with Crippen molar-refractivity contribution in [2.24, 2.45) is 0 Å². The second-order valence-electron chi connectivity index (χ2n) is 11.5. The lowest BCUT2D eigenvalue weighted by Gasteiger charge is -2.31. The Balaban J connectivity index is 1.33. The molecule has 1 heterocycles. The van der Waals surface area contributed by atoms with Crippen LogP contribution >= 0.6 is 11.6 Å². The van der Waals surface area contributed by atoms with E-state index in [0.717, 1.165) is 22.4 Å². The van der Waals surface area contributed by atoms with Crippen LogP contribution in [-0.4, -0.2) is 82.0 Å². The van der Waals surface area contributed by atoms with E-state index in [9.17, 15) is 18.0 Å². The number of nitrogens with one attached hydrogen (secondary N) is 1. The number of methoxy groups -OCH3 is 1. The van der Waals surface area contributed by atoms with Crippen molar-refractivity contribution in [1.29, 1.82) is 0 Å². The highest BCUT2D eigenvalue weighted by Gasteiger charge is 2.31. The van der Waals surface area contributed by atoms with Crippen LogP contribution in [0.1, 0.15) is 16.7 Å². The molecule has 10 nitrogen and oxygen atoms in total. The molecule has 1 saturated heterocycles. The third-order valence-electron chi connectivity index (χ3n) is 8.20. The van der Waals surface area contributed by atoms with Crippen molar-refractivity contribution in [1.82, 2.24) is 14.5 Å². The third kappa shape index (κ3) is 10.1. The molecule has 258 valence electrons. The van der Waals surface area contributed by atoms with Crippen molar-refractivity contribution in [3.8, 4) is 11.5 Å². The first kappa shape index (κ1) is 35.9. The molecule has 4 aromatic carbocycles. The van der Waals surface area contributed by atoms with E-state index in [2.05, 4.69) is 5.32 Å². The Labute approximate surface area is 292 Å². The molecule has 12 heteroatoms. The Morgan fingerprint density at radius 2 is 1.49 bits per heavy atom. The maximum Gasteiger partial charge on any atom is 0.261 e. The lowest BCUT2D eigenvalue weighted by atomic mass is 10.0. The summed E-state index contributed by atoms with van der Waals surface area (Å²) < 4.78 is 43.9. The van der Waals surface area contributed by atoms with Gasteiger partial charge >= 0.3 is 0 Å². The van der Waals surface area contributed by atoms with Gasteiger partial charge < -0.3 is 24.4 Å². The van der Waals surface area contributed by atoms with E-state index in [1.807, 2.05) is 66.7 Å². The zero-order chi connectivity index (χ0) is 34.6. The van der Waals surface area contributed by atoms with Gasteiger partial charge in [-0.3, -0.25) is 9.59 Å². The molecule has 2 amide bonds. The minimum Gasteiger partial charge on any atom is -0.497 e. The Bertz CT molecular complexity index is 1770. The molecular formula is C37H40ClN3O7S. The van der Waals surface area contributed by atoms with Gasteiger partial charge in [0.2, 0.25) is 15.9 Å². The van der Waals surface area contributed by atoms with Gasteiger partial charge in [-0.05, 0) is 71.6 Å². The van der Waals surface area contributed by atoms with Crippen LogP contribution in [0.15, 0.2) is 108 Å². The predicted octanol–water partition coefficient (Wildman–Crippen LogP) is 4.75. The highest BCUT2D eigenvalue weighted by atomic mass is 35.5. The van der Waals surface area contributed by atoms with Crippen LogP contribution in [0.2, 0.25) is 5.02 Å². The molecule has 1 fully saturated rings. The molecule has 1 aliphatic heterocycles. The van der Waals surface area contributed by atoms with Gasteiger partial charge in [-0.2, -0.15) is 4.31 Å². The first-order valence-corrected chi connectivity index (χ1v) is 17.8. The second kappa shape index (κ2) is 17.3. The van der Waals surface area contributed by atoms with E-state index in [4.69, 9.17) is 25.8 Å². The van der Waals surface area contributed by atoms with Gasteiger partial charge in [0.15, 0.2) is 6.61 Å². The van der Waals surface area contributed by atoms with E-state index < -0.39 is 22.0 Å². The number of carbonyl (C=O) groups excluding carboxylic acids is 2. The van der Waals surface area contributed by atoms with E-state index in [1.165, 1.54) is 33.5 Å². The zero-order valence-corrected chi connectivity index (χ0v) is 28.9. The molecule has 1 N–H and O–H groups in total. The molecule has 0 bridgehead atoms. The number of ether oxygens (including phenoxy) is 3. The first-order chi connectivity index (χ1) is 23.7. The topological polar surface area (TPSA) is 114 Å². The number of halogens is 1. The van der Waals surface area contributed by atoms with Crippen LogP contribution in [0.25, 0.3) is 0 Å². The van der Waals surface area contributed by atoms with Gasteiger partial charge in [0.25, 0.3) is 5.91 Å². The Morgan fingerprint density at radius 1 is 0.857 bits per heavy atom. The summed E-state index contributed by atoms with van der Waals surface area (Å²) in [5.74, 6) is 0.371. The van der Waals surface area contributed by atoms with Gasteiger partial charge in [0, 0.05) is 37.6 Å². The van der Waals surface area contributed by atoms with Crippen molar-refractivity contribution in [2.75, 3.05) is 46.6 Å². The highest BCUT2D eigenvalue weighted by molar-refractivity contribution is 7.89. The number of carbonyl (C=O) groups is 2. The highest BCUT2D eigenvalue weighted by Crippen LogP contribution is 2.22. The van der Waals surface area contributed by atoms with E-state index in [0.29, 0.717) is 37.0 Å². The molecule has 0 radical (unpaired) electrons. The zero-order valence-electron chi connectivity index (χ0n) is 27.3. The van der Waals surface area contributed by atoms with Crippen LogP contribution < -0.4 is 14.8 Å². The smallest absolute Gasteiger partial charge is 0.261 e. The third-order valence-corrected chi connectivity index (χ3v) is 10.4. The van der Waals surface area contributed by atoms with Gasteiger partial charge in [0.05, 0.1) is 25.2 Å². The van der Waals surface area contributed by atoms with E-state index >= 15 is 0 Å². The molecule has 5 rings (SSSR count). The largest absolute Gasteiger partial charge is 0.497 e. The molecule has 0 aromatic heterocycles. The number of morpholine rings is 1. The summed E-state index contributed by atoms with van der Waals surface area (Å²) in [6.45, 7) is 1.42. The number of rotatable bonds is 15. The van der Waals surface area contributed by atoms with Gasteiger partial charge in [0.1, 0.15) is 17.5 Å². The SMILES string of the molecule is COc1ccc(CCNC(=O)[C@@H](Cc2ccccc2)N(Cc2ccc(Cl)cc2)C(=O)COc2ccc(S(=O)(=O)N3CCOCC3)cc2)cc1. The summed E-state index contributed by atoms with van der Waals surface area (Å²) in [7, 11) is -2.07. The summed E-state index contributed by atoms with van der Waals surface area (Å²) in [6.07, 6.45) is 0.877. The van der Waals surface area contributed by atoms with Gasteiger partial charge in [-0.1, -0.05) is 66.2 Å². The van der Waals surface area contributed by atoms with Gasteiger partial charge in [-0.25, -0.2) is 8.42 Å². The minimum absolute atomic E-state index is 0.131. The van der Waals surface area contributed by atoms with Crippen LogP contribution in [0.3, 0.4) is 0 Å². The van der Waals surface area contributed by atoms with Crippen LogP contribution in [0, 0.1) is 0 Å². The van der Waals surface area contributed by atoms with Crippen LogP contribution in [0.4, 0.5) is 0 Å². The molecule has 1 atom stereocenters. The molecule has 49 heavy (non-hydrogen) atoms. The lowest BCUT2D eigenvalue weighted by molar-refractivity contribution is -0.142. The number of benzene rings is 4. The van der Waals surface area contributed by atoms with Crippen molar-refractivity contribution in [3.63, 3.8) is 0 Å². The summed E-state index contributed by atoms with van der Waals surface area (Å²) in [5.41, 5.74) is 2.72. The molecule has 0 saturated carbocycles. The summed E-state index contributed by atoms with van der Waals surface area (Å²) in [6, 6.07) is 29.4. The lowest BCUT2D eigenvalue weighted by Crippen LogP contribution is -2.52. The fourth-order valence-electron chi connectivity index (χ4n) is 5.45. The number of nitrogens with zero attached hydrogens (tertiary/aromatic N) is 2. The summed E-state index contributed by atoms with van der Waals surface area (Å²) in [4.78, 5) is 29.5. The molecule has 4 aromatic rings.